The molecule has 0 nitrogen and oxygen atoms in total. The van der Waals surface area contributed by atoms with E-state index in [-0.39, 0.29) is 21.1 Å². The predicted molar refractivity (Wildman–Crippen MR) is 70.8 cm³/mol. The molecule has 0 spiro atoms. The molecule has 0 N–H and O–H groups in total. The monoisotopic (exact) mass is 409 g/mol. The Morgan fingerprint density at radius 3 is 1.00 bits per heavy atom. The second-order valence-corrected chi connectivity index (χ2v) is 4.77. The first-order valence-electron chi connectivity index (χ1n) is 5.91. The predicted octanol–water partition coefficient (Wildman–Crippen LogP) is 4.95. The van der Waals surface area contributed by atoms with Crippen LogP contribution in [-0.4, -0.2) is 0 Å². The summed E-state index contributed by atoms with van der Waals surface area (Å²) in [6, 6.07) is 0. The van der Waals surface area contributed by atoms with E-state index >= 15 is 0 Å². The number of hydrogen-bond acceptors (Lipinski definition) is 0. The van der Waals surface area contributed by atoms with Crippen LogP contribution < -0.4 is 0 Å². The second kappa shape index (κ2) is 7.16. The summed E-state index contributed by atoms with van der Waals surface area (Å²) in [6.07, 6.45) is 8.63. The van der Waals surface area contributed by atoms with Crippen LogP contribution in [0.1, 0.15) is 54.4 Å². The van der Waals surface area contributed by atoms with Crippen LogP contribution in [0.3, 0.4) is 0 Å². The average molecular weight is 409 g/mol. The van der Waals surface area contributed by atoms with E-state index in [0.29, 0.717) is 0 Å². The number of rotatable bonds is 0. The third-order valence-electron chi connectivity index (χ3n) is 3.64. The third-order valence-corrected chi connectivity index (χ3v) is 3.64. The Balaban J connectivity index is 0.000000284. The fourth-order valence-electron chi connectivity index (χ4n) is 1.70. The minimum absolute atomic E-state index is 0. The zero-order valence-corrected chi connectivity index (χ0v) is 14.0. The van der Waals surface area contributed by atoms with Gasteiger partial charge < -0.3 is 0 Å². The molecule has 1 heteroatoms. The molecule has 0 aromatic rings. The maximum absolute atomic E-state index is 3.26. The summed E-state index contributed by atoms with van der Waals surface area (Å²) in [4.78, 5) is 0. The summed E-state index contributed by atoms with van der Waals surface area (Å²) in [7, 11) is 0. The molecular formula is C16H22Pt. The van der Waals surface area contributed by atoms with E-state index in [4.69, 9.17) is 0 Å². The molecule has 0 heterocycles. The molecule has 0 saturated heterocycles. The van der Waals surface area contributed by atoms with Gasteiger partial charge in [0, 0.05) is 0 Å². The van der Waals surface area contributed by atoms with Gasteiger partial charge in [0.1, 0.15) is 0 Å². The van der Waals surface area contributed by atoms with Crippen LogP contribution in [0.4, 0.5) is 0 Å². The van der Waals surface area contributed by atoms with Gasteiger partial charge in [0.05, 0.1) is 0 Å². The van der Waals surface area contributed by atoms with E-state index in [9.17, 15) is 0 Å². The summed E-state index contributed by atoms with van der Waals surface area (Å²) in [6.45, 7) is 12.9. The van der Waals surface area contributed by atoms with Gasteiger partial charge in [-0.1, -0.05) is 27.7 Å². The summed E-state index contributed by atoms with van der Waals surface area (Å²) >= 11 is 0. The Morgan fingerprint density at radius 1 is 0.647 bits per heavy atom. The van der Waals surface area contributed by atoms with E-state index in [1.807, 2.05) is 0 Å². The number of allylic oxidation sites excluding steroid dienone is 8. The summed E-state index contributed by atoms with van der Waals surface area (Å²) in [5.41, 5.74) is 8.49. The molecule has 0 amide bonds. The van der Waals surface area contributed by atoms with Gasteiger partial charge >= 0.3 is 21.1 Å². The van der Waals surface area contributed by atoms with Gasteiger partial charge in [-0.25, -0.2) is 11.1 Å². The zero-order valence-electron chi connectivity index (χ0n) is 11.7. The zero-order chi connectivity index (χ0) is 12.3. The molecule has 2 aliphatic rings. The minimum atomic E-state index is 0. The van der Waals surface area contributed by atoms with Crippen molar-refractivity contribution in [2.24, 2.45) is 0 Å². The Kier molecular flexibility index (Phi) is 7.02. The second-order valence-electron chi connectivity index (χ2n) is 4.77. The van der Waals surface area contributed by atoms with Gasteiger partial charge in [0.2, 0.25) is 0 Å². The number of hydrogen-bond donors (Lipinski definition) is 0. The van der Waals surface area contributed by atoms with Gasteiger partial charge in [-0.15, -0.1) is 26.7 Å². The van der Waals surface area contributed by atoms with Crippen molar-refractivity contribution < 1.29 is 21.1 Å². The molecule has 0 aliphatic heterocycles. The van der Waals surface area contributed by atoms with Gasteiger partial charge in [-0.3, -0.25) is 12.2 Å². The van der Waals surface area contributed by atoms with Crippen LogP contribution in [0.25, 0.3) is 0 Å². The first-order valence-corrected chi connectivity index (χ1v) is 5.91. The third kappa shape index (κ3) is 4.43. The van der Waals surface area contributed by atoms with Crippen molar-refractivity contribution in [3.63, 3.8) is 0 Å². The van der Waals surface area contributed by atoms with Gasteiger partial charge in [-0.2, -0.15) is 22.3 Å². The fraction of sp³-hybridized carbons (Fsp3) is 0.500. The van der Waals surface area contributed by atoms with Gasteiger partial charge in [-0.05, 0) is 0 Å². The van der Waals surface area contributed by atoms with Crippen LogP contribution in [0.15, 0.2) is 33.4 Å². The summed E-state index contributed by atoms with van der Waals surface area (Å²) in [5, 5.41) is 0. The normalized spacial score (nSPS) is 18.5. The van der Waals surface area contributed by atoms with Crippen molar-refractivity contribution in [3.05, 3.63) is 45.6 Å². The molecule has 2 rings (SSSR count). The van der Waals surface area contributed by atoms with Crippen LogP contribution in [0.5, 0.6) is 0 Å². The van der Waals surface area contributed by atoms with Gasteiger partial charge in [0.15, 0.2) is 0 Å². The molecule has 0 bridgehead atoms. The maximum Gasteiger partial charge on any atom is 2.00 e. The molecule has 0 saturated carbocycles. The molecule has 0 unspecified atom stereocenters. The Labute approximate surface area is 121 Å². The molecular weight excluding hydrogens is 387 g/mol. The van der Waals surface area contributed by atoms with E-state index in [0.717, 1.165) is 12.8 Å². The van der Waals surface area contributed by atoms with E-state index in [1.54, 1.807) is 0 Å². The van der Waals surface area contributed by atoms with Crippen molar-refractivity contribution >= 4 is 0 Å². The van der Waals surface area contributed by atoms with Crippen molar-refractivity contribution in [2.45, 2.75) is 54.4 Å². The maximum atomic E-state index is 3.26. The SMILES string of the molecule is CC1=[C-]CC(C)=C1C.CC1=[C-]CC(C)=C1C.[Pt+2]. The smallest absolute Gasteiger partial charge is 0.269 e. The molecule has 2 aliphatic carbocycles. The van der Waals surface area contributed by atoms with Gasteiger partial charge in [0.25, 0.3) is 0 Å². The average Bonchev–Trinajstić information content (AvgIpc) is 2.70. The summed E-state index contributed by atoms with van der Waals surface area (Å²) in [5.74, 6) is 0. The molecule has 0 radical (unpaired) electrons. The molecule has 0 aromatic heterocycles. The van der Waals surface area contributed by atoms with Crippen molar-refractivity contribution in [3.8, 4) is 0 Å². The van der Waals surface area contributed by atoms with Crippen LogP contribution in [0, 0.1) is 12.2 Å². The van der Waals surface area contributed by atoms with E-state index < -0.39 is 0 Å². The van der Waals surface area contributed by atoms with E-state index in [1.165, 1.54) is 33.4 Å². The first-order chi connectivity index (χ1) is 7.43. The van der Waals surface area contributed by atoms with E-state index in [2.05, 4.69) is 53.7 Å². The standard InChI is InChI=1S/2C8H11.Pt/c2*1-6-4-5-7(2)8(6)3;/h2*4H2,1-3H3;/q2*-1;+2. The van der Waals surface area contributed by atoms with Crippen LogP contribution >= 0.6 is 0 Å². The Bertz CT molecular complexity index is 352. The topological polar surface area (TPSA) is 0 Å². The quantitative estimate of drug-likeness (QED) is 0.497. The molecule has 17 heavy (non-hydrogen) atoms. The molecule has 0 fully saturated rings. The van der Waals surface area contributed by atoms with Crippen molar-refractivity contribution in [1.82, 2.24) is 0 Å². The fourth-order valence-corrected chi connectivity index (χ4v) is 1.70. The largest absolute Gasteiger partial charge is 2.00 e. The summed E-state index contributed by atoms with van der Waals surface area (Å²) < 4.78 is 0. The molecule has 96 valence electrons. The van der Waals surface area contributed by atoms with Crippen LogP contribution in [-0.2, 0) is 21.1 Å². The Hall–Kier alpha value is -0.352. The Morgan fingerprint density at radius 2 is 0.941 bits per heavy atom. The first kappa shape index (κ1) is 16.6. The minimum Gasteiger partial charge on any atom is -0.269 e. The van der Waals surface area contributed by atoms with Crippen molar-refractivity contribution in [2.75, 3.05) is 0 Å². The molecule has 0 atom stereocenters. The van der Waals surface area contributed by atoms with Crippen LogP contribution in [0.2, 0.25) is 0 Å². The van der Waals surface area contributed by atoms with Crippen molar-refractivity contribution in [1.29, 1.82) is 0 Å². The molecule has 0 aromatic carbocycles.